The lowest BCUT2D eigenvalue weighted by molar-refractivity contribution is 0.175. The maximum Gasteiger partial charge on any atom is 0.0808 e. The van der Waals surface area contributed by atoms with E-state index in [4.69, 9.17) is 11.6 Å². The fraction of sp³-hybridized carbons (Fsp3) is 0.273. The lowest BCUT2D eigenvalue weighted by atomic mass is 10.1. The molecule has 0 bridgehead atoms. The van der Waals surface area contributed by atoms with Gasteiger partial charge < -0.3 is 10.1 Å². The Balaban J connectivity index is 2.58. The zero-order chi connectivity index (χ0) is 10.1. The Morgan fingerprint density at radius 3 is 3.00 bits per heavy atom. The molecular weight excluding hydrogens is 198 g/mol. The monoisotopic (exact) mass is 209 g/mol. The van der Waals surface area contributed by atoms with E-state index in [1.165, 1.54) is 0 Å². The van der Waals surface area contributed by atoms with Crippen LogP contribution in [0.25, 0.3) is 10.9 Å². The van der Waals surface area contributed by atoms with Gasteiger partial charge in [0.05, 0.1) is 6.10 Å². The second-order valence-electron chi connectivity index (χ2n) is 3.36. The molecule has 0 saturated heterocycles. The van der Waals surface area contributed by atoms with Crippen LogP contribution >= 0.6 is 11.6 Å². The number of aliphatic hydroxyl groups excluding tert-OH is 1. The number of H-pyrrole nitrogens is 1. The molecule has 74 valence electrons. The van der Waals surface area contributed by atoms with Crippen LogP contribution in [0.15, 0.2) is 24.4 Å². The van der Waals surface area contributed by atoms with Crippen LogP contribution in [0.4, 0.5) is 0 Å². The highest BCUT2D eigenvalue weighted by atomic mass is 35.5. The third-order valence-electron chi connectivity index (χ3n) is 2.42. The molecule has 14 heavy (non-hydrogen) atoms. The summed E-state index contributed by atoms with van der Waals surface area (Å²) < 4.78 is 0. The summed E-state index contributed by atoms with van der Waals surface area (Å²) in [4.78, 5) is 3.10. The van der Waals surface area contributed by atoms with E-state index in [0.717, 1.165) is 22.9 Å². The smallest absolute Gasteiger partial charge is 0.0808 e. The summed E-state index contributed by atoms with van der Waals surface area (Å²) in [6, 6.07) is 5.63. The maximum atomic E-state index is 9.73. The molecule has 2 N–H and O–H groups in total. The number of rotatable bonds is 2. The van der Waals surface area contributed by atoms with E-state index in [-0.39, 0.29) is 0 Å². The van der Waals surface area contributed by atoms with Crippen molar-refractivity contribution in [3.8, 4) is 0 Å². The van der Waals surface area contributed by atoms with Gasteiger partial charge in [0.2, 0.25) is 0 Å². The lowest BCUT2D eigenvalue weighted by Gasteiger charge is -2.05. The molecule has 1 aromatic heterocycles. The average molecular weight is 210 g/mol. The Bertz CT molecular complexity index is 449. The zero-order valence-electron chi connectivity index (χ0n) is 7.92. The van der Waals surface area contributed by atoms with Crippen LogP contribution in [0.3, 0.4) is 0 Å². The Morgan fingerprint density at radius 2 is 2.29 bits per heavy atom. The second-order valence-corrected chi connectivity index (χ2v) is 3.79. The number of halogens is 1. The summed E-state index contributed by atoms with van der Waals surface area (Å²) >= 11 is 5.86. The van der Waals surface area contributed by atoms with Crippen LogP contribution in [0.2, 0.25) is 5.02 Å². The van der Waals surface area contributed by atoms with E-state index >= 15 is 0 Å². The summed E-state index contributed by atoms with van der Waals surface area (Å²) in [5.41, 5.74) is 1.92. The van der Waals surface area contributed by atoms with Gasteiger partial charge in [-0.1, -0.05) is 24.6 Å². The SMILES string of the molecule is CC[C@@H](O)c1c[nH]c2cc(Cl)ccc12. The highest BCUT2D eigenvalue weighted by molar-refractivity contribution is 6.31. The lowest BCUT2D eigenvalue weighted by Crippen LogP contribution is -1.92. The Hall–Kier alpha value is -0.990. The molecule has 0 fully saturated rings. The van der Waals surface area contributed by atoms with Crippen LogP contribution in [0, 0.1) is 0 Å². The van der Waals surface area contributed by atoms with Crippen molar-refractivity contribution in [3.05, 3.63) is 35.0 Å². The van der Waals surface area contributed by atoms with Gasteiger partial charge in [-0.05, 0) is 18.6 Å². The van der Waals surface area contributed by atoms with Crippen molar-refractivity contribution in [2.75, 3.05) is 0 Å². The summed E-state index contributed by atoms with van der Waals surface area (Å²) in [5.74, 6) is 0. The Morgan fingerprint density at radius 1 is 1.50 bits per heavy atom. The molecule has 0 unspecified atom stereocenters. The largest absolute Gasteiger partial charge is 0.388 e. The first kappa shape index (κ1) is 9.56. The molecule has 0 aliphatic carbocycles. The predicted molar refractivity (Wildman–Crippen MR) is 58.6 cm³/mol. The van der Waals surface area contributed by atoms with Crippen LogP contribution in [0.5, 0.6) is 0 Å². The van der Waals surface area contributed by atoms with Crippen LogP contribution in [0.1, 0.15) is 25.0 Å². The Labute approximate surface area is 87.5 Å². The van der Waals surface area contributed by atoms with Crippen LogP contribution in [-0.2, 0) is 0 Å². The molecule has 0 aliphatic rings. The van der Waals surface area contributed by atoms with E-state index in [1.54, 1.807) is 0 Å². The van der Waals surface area contributed by atoms with Crippen molar-refractivity contribution < 1.29 is 5.11 Å². The first-order valence-electron chi connectivity index (χ1n) is 4.67. The average Bonchev–Trinajstić information content (AvgIpc) is 2.59. The third-order valence-corrected chi connectivity index (χ3v) is 2.66. The maximum absolute atomic E-state index is 9.73. The van der Waals surface area contributed by atoms with E-state index in [9.17, 15) is 5.11 Å². The molecule has 2 aromatic rings. The molecule has 2 rings (SSSR count). The van der Waals surface area contributed by atoms with Crippen LogP contribution < -0.4 is 0 Å². The van der Waals surface area contributed by atoms with Crippen molar-refractivity contribution in [2.45, 2.75) is 19.4 Å². The zero-order valence-corrected chi connectivity index (χ0v) is 8.67. The number of aromatic amines is 1. The number of hydrogen-bond donors (Lipinski definition) is 2. The van der Waals surface area contributed by atoms with Gasteiger partial charge in [0.15, 0.2) is 0 Å². The topological polar surface area (TPSA) is 36.0 Å². The van der Waals surface area contributed by atoms with E-state index < -0.39 is 6.10 Å². The summed E-state index contributed by atoms with van der Waals surface area (Å²) in [6.45, 7) is 1.96. The summed E-state index contributed by atoms with van der Waals surface area (Å²) in [5, 5.41) is 11.5. The standard InChI is InChI=1S/C11H12ClNO/c1-2-11(14)9-6-13-10-5-7(12)3-4-8(9)10/h3-6,11,13-14H,2H2,1H3/t11-/m1/s1. The predicted octanol–water partition coefficient (Wildman–Crippen LogP) is 3.26. The molecule has 2 nitrogen and oxygen atoms in total. The number of fused-ring (bicyclic) bond motifs is 1. The molecule has 0 amide bonds. The number of hydrogen-bond acceptors (Lipinski definition) is 1. The van der Waals surface area contributed by atoms with Crippen molar-refractivity contribution >= 4 is 22.5 Å². The number of aromatic nitrogens is 1. The fourth-order valence-electron chi connectivity index (χ4n) is 1.62. The van der Waals surface area contributed by atoms with E-state index in [2.05, 4.69) is 4.98 Å². The van der Waals surface area contributed by atoms with Gasteiger partial charge >= 0.3 is 0 Å². The highest BCUT2D eigenvalue weighted by Crippen LogP contribution is 2.27. The van der Waals surface area contributed by atoms with E-state index in [1.807, 2.05) is 31.3 Å². The van der Waals surface area contributed by atoms with Gasteiger partial charge in [-0.15, -0.1) is 0 Å². The quantitative estimate of drug-likeness (QED) is 0.783. The summed E-state index contributed by atoms with van der Waals surface area (Å²) in [6.07, 6.45) is 2.16. The van der Waals surface area contributed by atoms with Crippen molar-refractivity contribution in [2.24, 2.45) is 0 Å². The van der Waals surface area contributed by atoms with Gasteiger partial charge in [0.25, 0.3) is 0 Å². The van der Waals surface area contributed by atoms with Crippen molar-refractivity contribution in [3.63, 3.8) is 0 Å². The molecule has 1 aromatic carbocycles. The van der Waals surface area contributed by atoms with Gasteiger partial charge in [-0.3, -0.25) is 0 Å². The molecule has 1 heterocycles. The number of nitrogens with one attached hydrogen (secondary N) is 1. The molecule has 0 spiro atoms. The van der Waals surface area contributed by atoms with Gasteiger partial charge in [-0.25, -0.2) is 0 Å². The summed E-state index contributed by atoms with van der Waals surface area (Å²) in [7, 11) is 0. The first-order chi connectivity index (χ1) is 6.72. The number of benzene rings is 1. The Kier molecular flexibility index (Phi) is 2.48. The van der Waals surface area contributed by atoms with Crippen molar-refractivity contribution in [1.82, 2.24) is 4.98 Å². The molecule has 0 aliphatic heterocycles. The fourth-order valence-corrected chi connectivity index (χ4v) is 1.79. The van der Waals surface area contributed by atoms with Gasteiger partial charge in [0.1, 0.15) is 0 Å². The third kappa shape index (κ3) is 1.51. The molecular formula is C11H12ClNO. The molecule has 3 heteroatoms. The van der Waals surface area contributed by atoms with Gasteiger partial charge in [0, 0.05) is 27.7 Å². The van der Waals surface area contributed by atoms with Crippen molar-refractivity contribution in [1.29, 1.82) is 0 Å². The van der Waals surface area contributed by atoms with E-state index in [0.29, 0.717) is 5.02 Å². The van der Waals surface area contributed by atoms with Crippen LogP contribution in [-0.4, -0.2) is 10.1 Å². The normalized spacial score (nSPS) is 13.4. The van der Waals surface area contributed by atoms with Gasteiger partial charge in [-0.2, -0.15) is 0 Å². The number of aliphatic hydroxyl groups is 1. The minimum atomic E-state index is -0.398. The second kappa shape index (κ2) is 3.64. The first-order valence-corrected chi connectivity index (χ1v) is 5.04. The minimum absolute atomic E-state index is 0.398. The highest BCUT2D eigenvalue weighted by Gasteiger charge is 2.10. The molecule has 0 radical (unpaired) electrons. The molecule has 1 atom stereocenters. The minimum Gasteiger partial charge on any atom is -0.388 e. The molecule has 0 saturated carbocycles.